The summed E-state index contributed by atoms with van der Waals surface area (Å²) in [6.45, 7) is 5.81. The Balaban J connectivity index is 2.44. The van der Waals surface area contributed by atoms with Gasteiger partial charge in [-0.3, -0.25) is 9.71 Å². The highest BCUT2D eigenvalue weighted by Crippen LogP contribution is 2.23. The number of nitrogens with two attached hydrogens (primary N) is 1. The third-order valence-corrected chi connectivity index (χ3v) is 4.82. The number of sulfonamides is 1. The van der Waals surface area contributed by atoms with E-state index in [0.29, 0.717) is 17.8 Å². The van der Waals surface area contributed by atoms with Gasteiger partial charge in [0.2, 0.25) is 0 Å². The van der Waals surface area contributed by atoms with Crippen LogP contribution in [0.5, 0.6) is 0 Å². The largest absolute Gasteiger partial charge is 0.326 e. The van der Waals surface area contributed by atoms with Gasteiger partial charge in [-0.25, -0.2) is 8.42 Å². The summed E-state index contributed by atoms with van der Waals surface area (Å²) in [5, 5.41) is 0. The zero-order chi connectivity index (χ0) is 15.6. The van der Waals surface area contributed by atoms with E-state index in [0.717, 1.165) is 16.8 Å². The Hall–Kier alpha value is -1.92. The molecule has 0 aliphatic heterocycles. The molecule has 21 heavy (non-hydrogen) atoms. The zero-order valence-corrected chi connectivity index (χ0v) is 13.2. The molecule has 0 radical (unpaired) electrons. The molecule has 0 bridgehead atoms. The van der Waals surface area contributed by atoms with Crippen LogP contribution in [0, 0.1) is 20.8 Å². The summed E-state index contributed by atoms with van der Waals surface area (Å²) in [5.41, 5.74) is 9.42. The van der Waals surface area contributed by atoms with Gasteiger partial charge >= 0.3 is 0 Å². The first kappa shape index (κ1) is 15.5. The molecule has 1 aromatic heterocycles. The first-order chi connectivity index (χ1) is 9.83. The first-order valence-electron chi connectivity index (χ1n) is 6.59. The van der Waals surface area contributed by atoms with E-state index in [1.165, 1.54) is 0 Å². The van der Waals surface area contributed by atoms with Crippen molar-refractivity contribution < 1.29 is 8.42 Å². The van der Waals surface area contributed by atoms with Gasteiger partial charge in [-0.15, -0.1) is 0 Å². The lowest BCUT2D eigenvalue weighted by Gasteiger charge is -2.13. The van der Waals surface area contributed by atoms with Crippen molar-refractivity contribution in [1.82, 2.24) is 4.98 Å². The van der Waals surface area contributed by atoms with Gasteiger partial charge in [-0.05, 0) is 55.7 Å². The number of aromatic nitrogens is 1. The van der Waals surface area contributed by atoms with Crippen molar-refractivity contribution in [2.24, 2.45) is 5.73 Å². The van der Waals surface area contributed by atoms with Crippen molar-refractivity contribution in [1.29, 1.82) is 0 Å². The Kier molecular flexibility index (Phi) is 4.29. The number of hydrogen-bond donors (Lipinski definition) is 2. The number of hydrogen-bond acceptors (Lipinski definition) is 4. The minimum atomic E-state index is -3.64. The van der Waals surface area contributed by atoms with Gasteiger partial charge in [0.15, 0.2) is 0 Å². The molecule has 1 aromatic carbocycles. The van der Waals surface area contributed by atoms with Gasteiger partial charge in [0.1, 0.15) is 0 Å². The minimum Gasteiger partial charge on any atom is -0.326 e. The van der Waals surface area contributed by atoms with Crippen molar-refractivity contribution >= 4 is 15.7 Å². The molecular formula is C15H19N3O2S. The molecule has 0 aliphatic rings. The monoisotopic (exact) mass is 305 g/mol. The van der Waals surface area contributed by atoms with Crippen molar-refractivity contribution in [3.8, 4) is 0 Å². The molecule has 6 heteroatoms. The summed E-state index contributed by atoms with van der Waals surface area (Å²) in [6.07, 6.45) is 1.57. The highest BCUT2D eigenvalue weighted by Gasteiger charge is 2.18. The molecule has 5 nitrogen and oxygen atoms in total. The molecule has 0 saturated heterocycles. The van der Waals surface area contributed by atoms with E-state index in [9.17, 15) is 8.42 Å². The van der Waals surface area contributed by atoms with Crippen molar-refractivity contribution in [3.63, 3.8) is 0 Å². The van der Waals surface area contributed by atoms with Crippen LogP contribution in [0.25, 0.3) is 0 Å². The maximum atomic E-state index is 12.5. The van der Waals surface area contributed by atoms with E-state index >= 15 is 0 Å². The van der Waals surface area contributed by atoms with E-state index in [1.54, 1.807) is 38.2 Å². The normalized spacial score (nSPS) is 11.4. The number of nitrogens with one attached hydrogen (secondary N) is 1. The van der Waals surface area contributed by atoms with Gasteiger partial charge in [0, 0.05) is 18.4 Å². The minimum absolute atomic E-state index is 0.253. The van der Waals surface area contributed by atoms with E-state index in [-0.39, 0.29) is 4.90 Å². The Bertz CT molecular complexity index is 770. The van der Waals surface area contributed by atoms with Crippen LogP contribution in [-0.4, -0.2) is 13.4 Å². The smallest absolute Gasteiger partial charge is 0.262 e. The fourth-order valence-corrected chi connectivity index (χ4v) is 3.53. The van der Waals surface area contributed by atoms with E-state index in [4.69, 9.17) is 5.73 Å². The predicted octanol–water partition coefficient (Wildman–Crippen LogP) is 2.27. The van der Waals surface area contributed by atoms with Crippen LogP contribution in [0.2, 0.25) is 0 Å². The van der Waals surface area contributed by atoms with Crippen LogP contribution < -0.4 is 10.5 Å². The molecule has 0 saturated carbocycles. The highest BCUT2D eigenvalue weighted by atomic mass is 32.2. The molecule has 1 heterocycles. The Morgan fingerprint density at radius 2 is 1.86 bits per heavy atom. The topological polar surface area (TPSA) is 85.1 Å². The predicted molar refractivity (Wildman–Crippen MR) is 83.6 cm³/mol. The SMILES string of the molecule is Cc1cc(NS(=O)(=O)c2cc(CN)c(C)cc2C)ccn1. The van der Waals surface area contributed by atoms with E-state index in [1.807, 2.05) is 13.0 Å². The highest BCUT2D eigenvalue weighted by molar-refractivity contribution is 7.92. The summed E-state index contributed by atoms with van der Waals surface area (Å²) >= 11 is 0. The first-order valence-corrected chi connectivity index (χ1v) is 8.07. The molecule has 0 atom stereocenters. The van der Waals surface area contributed by atoms with Crippen LogP contribution in [-0.2, 0) is 16.6 Å². The van der Waals surface area contributed by atoms with Crippen LogP contribution in [0.4, 0.5) is 5.69 Å². The lowest BCUT2D eigenvalue weighted by atomic mass is 10.1. The summed E-state index contributed by atoms with van der Waals surface area (Å²) < 4.78 is 27.7. The second-order valence-electron chi connectivity index (χ2n) is 5.04. The number of pyridine rings is 1. The van der Waals surface area contributed by atoms with Crippen LogP contribution in [0.1, 0.15) is 22.4 Å². The summed E-state index contributed by atoms with van der Waals surface area (Å²) in [4.78, 5) is 4.30. The second kappa shape index (κ2) is 5.83. The third kappa shape index (κ3) is 3.40. The molecular weight excluding hydrogens is 286 g/mol. The van der Waals surface area contributed by atoms with E-state index in [2.05, 4.69) is 9.71 Å². The third-order valence-electron chi connectivity index (χ3n) is 3.29. The summed E-state index contributed by atoms with van der Waals surface area (Å²) in [6, 6.07) is 6.79. The number of rotatable bonds is 4. The molecule has 112 valence electrons. The maximum Gasteiger partial charge on any atom is 0.262 e. The van der Waals surface area contributed by atoms with Crippen LogP contribution in [0.15, 0.2) is 35.4 Å². The van der Waals surface area contributed by atoms with Crippen LogP contribution in [0.3, 0.4) is 0 Å². The Morgan fingerprint density at radius 1 is 1.14 bits per heavy atom. The Morgan fingerprint density at radius 3 is 2.48 bits per heavy atom. The van der Waals surface area contributed by atoms with Crippen molar-refractivity contribution in [2.45, 2.75) is 32.2 Å². The molecule has 0 unspecified atom stereocenters. The zero-order valence-electron chi connectivity index (χ0n) is 12.3. The van der Waals surface area contributed by atoms with Gasteiger partial charge in [-0.2, -0.15) is 0 Å². The Labute approximate surface area is 125 Å². The van der Waals surface area contributed by atoms with Gasteiger partial charge in [-0.1, -0.05) is 6.07 Å². The van der Waals surface area contributed by atoms with Gasteiger partial charge < -0.3 is 5.73 Å². The molecule has 0 fully saturated rings. The fourth-order valence-electron chi connectivity index (χ4n) is 2.20. The molecule has 0 aliphatic carbocycles. The average molecular weight is 305 g/mol. The lowest BCUT2D eigenvalue weighted by Crippen LogP contribution is -2.15. The molecule has 3 N–H and O–H groups in total. The number of nitrogens with zero attached hydrogens (tertiary/aromatic N) is 1. The maximum absolute atomic E-state index is 12.5. The quantitative estimate of drug-likeness (QED) is 0.907. The van der Waals surface area contributed by atoms with E-state index < -0.39 is 10.0 Å². The van der Waals surface area contributed by atoms with Gasteiger partial charge in [0.25, 0.3) is 10.0 Å². The molecule has 0 spiro atoms. The van der Waals surface area contributed by atoms with Crippen molar-refractivity contribution in [3.05, 3.63) is 52.8 Å². The number of aryl methyl sites for hydroxylation is 3. The standard InChI is InChI=1S/C15H19N3O2S/c1-10-6-11(2)15(8-13(10)9-16)21(19,20)18-14-4-5-17-12(3)7-14/h4-8H,9,16H2,1-3H3,(H,17,18). The second-order valence-corrected chi connectivity index (χ2v) is 6.69. The van der Waals surface area contributed by atoms with Crippen LogP contribution >= 0.6 is 0 Å². The number of benzene rings is 1. The number of anilines is 1. The van der Waals surface area contributed by atoms with Crippen molar-refractivity contribution in [2.75, 3.05) is 4.72 Å². The molecule has 2 aromatic rings. The summed E-state index contributed by atoms with van der Waals surface area (Å²) in [7, 11) is -3.64. The molecule has 0 amide bonds. The van der Waals surface area contributed by atoms with Gasteiger partial charge in [0.05, 0.1) is 10.6 Å². The average Bonchev–Trinajstić information content (AvgIpc) is 2.37. The molecule has 2 rings (SSSR count). The summed E-state index contributed by atoms with van der Waals surface area (Å²) in [5.74, 6) is 0. The fraction of sp³-hybridized carbons (Fsp3) is 0.267. The lowest BCUT2D eigenvalue weighted by molar-refractivity contribution is 0.600.